The van der Waals surface area contributed by atoms with Crippen LogP contribution in [0.5, 0.6) is 5.75 Å². The molecule has 4 heteroatoms. The quantitative estimate of drug-likeness (QED) is 0.852. The predicted octanol–water partition coefficient (Wildman–Crippen LogP) is 2.49. The molecule has 1 aromatic heterocycles. The Labute approximate surface area is 126 Å². The Morgan fingerprint density at radius 3 is 3.14 bits per heavy atom. The number of pyridine rings is 1. The fraction of sp³-hybridized carbons (Fsp3) is 0.706. The summed E-state index contributed by atoms with van der Waals surface area (Å²) in [7, 11) is 0. The lowest BCUT2D eigenvalue weighted by Gasteiger charge is -2.31. The molecule has 2 atom stereocenters. The van der Waals surface area contributed by atoms with Gasteiger partial charge in [-0.05, 0) is 37.3 Å². The number of aromatic nitrogens is 1. The molecule has 2 saturated heterocycles. The molecule has 0 amide bonds. The molecular weight excluding hydrogens is 264 g/mol. The van der Waals surface area contributed by atoms with Crippen LogP contribution in [0, 0.1) is 5.92 Å². The highest BCUT2D eigenvalue weighted by Crippen LogP contribution is 2.38. The van der Waals surface area contributed by atoms with Gasteiger partial charge < -0.3 is 14.4 Å². The molecule has 0 unspecified atom stereocenters. The molecule has 3 fully saturated rings. The topological polar surface area (TPSA) is 34.6 Å². The number of rotatable bonds is 4. The standard InChI is InChI=1S/C17H24N2O2/c1-3-14(4-1)11-19-8-6-17(13-19)9-16(12-20-17)21-15-5-2-7-18-10-15/h2,5,7,10,14,16H,1,3-4,6,8-9,11-13H2/t16-,17+/m1/s1. The van der Waals surface area contributed by atoms with Gasteiger partial charge in [-0.2, -0.15) is 0 Å². The molecule has 21 heavy (non-hydrogen) atoms. The van der Waals surface area contributed by atoms with E-state index in [4.69, 9.17) is 9.47 Å². The van der Waals surface area contributed by atoms with E-state index in [-0.39, 0.29) is 11.7 Å². The zero-order valence-corrected chi connectivity index (χ0v) is 12.5. The first-order valence-corrected chi connectivity index (χ1v) is 8.24. The minimum absolute atomic E-state index is 0.0522. The van der Waals surface area contributed by atoms with Crippen LogP contribution in [0.25, 0.3) is 0 Å². The van der Waals surface area contributed by atoms with Crippen LogP contribution in [0.2, 0.25) is 0 Å². The summed E-state index contributed by atoms with van der Waals surface area (Å²) in [6.07, 6.45) is 10.2. The van der Waals surface area contributed by atoms with Crippen LogP contribution < -0.4 is 4.74 Å². The SMILES string of the molecule is c1cncc(O[C@H]2CO[C@@]3(CCN(CC4CCC4)C3)C2)c1. The summed E-state index contributed by atoms with van der Waals surface area (Å²) in [5, 5.41) is 0. The molecule has 2 aliphatic heterocycles. The van der Waals surface area contributed by atoms with Crippen molar-refractivity contribution in [3.8, 4) is 5.75 Å². The van der Waals surface area contributed by atoms with Crippen LogP contribution in [0.3, 0.4) is 0 Å². The number of hydrogen-bond donors (Lipinski definition) is 0. The monoisotopic (exact) mass is 288 g/mol. The summed E-state index contributed by atoms with van der Waals surface area (Å²) < 4.78 is 12.2. The molecular formula is C17H24N2O2. The normalized spacial score (nSPS) is 33.4. The van der Waals surface area contributed by atoms with E-state index in [1.54, 1.807) is 12.4 Å². The third kappa shape index (κ3) is 2.92. The first kappa shape index (κ1) is 13.5. The summed E-state index contributed by atoms with van der Waals surface area (Å²) in [6, 6.07) is 3.88. The molecule has 1 saturated carbocycles. The van der Waals surface area contributed by atoms with Crippen LogP contribution in [-0.2, 0) is 4.74 Å². The molecule has 0 radical (unpaired) electrons. The second-order valence-corrected chi connectivity index (χ2v) is 6.91. The highest BCUT2D eigenvalue weighted by atomic mass is 16.6. The number of hydrogen-bond acceptors (Lipinski definition) is 4. The first-order valence-electron chi connectivity index (χ1n) is 8.24. The molecule has 1 spiro atoms. The van der Waals surface area contributed by atoms with E-state index in [9.17, 15) is 0 Å². The highest BCUT2D eigenvalue weighted by molar-refractivity contribution is 5.16. The van der Waals surface area contributed by atoms with Crippen LogP contribution >= 0.6 is 0 Å². The number of likely N-dealkylation sites (tertiary alicyclic amines) is 1. The van der Waals surface area contributed by atoms with Gasteiger partial charge >= 0.3 is 0 Å². The highest BCUT2D eigenvalue weighted by Gasteiger charge is 2.46. The van der Waals surface area contributed by atoms with Gasteiger partial charge in [-0.3, -0.25) is 4.98 Å². The van der Waals surface area contributed by atoms with E-state index in [0.717, 1.165) is 31.1 Å². The Morgan fingerprint density at radius 1 is 1.43 bits per heavy atom. The predicted molar refractivity (Wildman–Crippen MR) is 80.4 cm³/mol. The van der Waals surface area contributed by atoms with Gasteiger partial charge in [0.05, 0.1) is 18.4 Å². The molecule has 0 bridgehead atoms. The second-order valence-electron chi connectivity index (χ2n) is 6.91. The fourth-order valence-corrected chi connectivity index (χ4v) is 3.90. The lowest BCUT2D eigenvalue weighted by molar-refractivity contribution is 0.00791. The summed E-state index contributed by atoms with van der Waals surface area (Å²) in [5.74, 6) is 1.80. The fourth-order valence-electron chi connectivity index (χ4n) is 3.90. The molecule has 4 rings (SSSR count). The van der Waals surface area contributed by atoms with Gasteiger partial charge in [-0.15, -0.1) is 0 Å². The van der Waals surface area contributed by atoms with Gasteiger partial charge in [0.2, 0.25) is 0 Å². The van der Waals surface area contributed by atoms with Crippen LogP contribution in [0.1, 0.15) is 32.1 Å². The van der Waals surface area contributed by atoms with Crippen molar-refractivity contribution in [3.63, 3.8) is 0 Å². The zero-order chi connectivity index (χ0) is 14.1. The Bertz CT molecular complexity index is 477. The van der Waals surface area contributed by atoms with Crippen molar-refractivity contribution < 1.29 is 9.47 Å². The zero-order valence-electron chi connectivity index (χ0n) is 12.5. The molecule has 114 valence electrons. The van der Waals surface area contributed by atoms with Gasteiger partial charge in [0.15, 0.2) is 0 Å². The third-order valence-corrected chi connectivity index (χ3v) is 5.25. The maximum Gasteiger partial charge on any atom is 0.138 e. The van der Waals surface area contributed by atoms with Gasteiger partial charge in [0.1, 0.15) is 11.9 Å². The Kier molecular flexibility index (Phi) is 3.59. The van der Waals surface area contributed by atoms with Crippen molar-refractivity contribution >= 4 is 0 Å². The largest absolute Gasteiger partial charge is 0.486 e. The van der Waals surface area contributed by atoms with E-state index in [1.165, 1.54) is 32.4 Å². The maximum absolute atomic E-state index is 6.16. The van der Waals surface area contributed by atoms with E-state index in [2.05, 4.69) is 9.88 Å². The van der Waals surface area contributed by atoms with E-state index in [1.807, 2.05) is 12.1 Å². The molecule has 1 aliphatic carbocycles. The van der Waals surface area contributed by atoms with Crippen molar-refractivity contribution in [2.45, 2.75) is 43.8 Å². The van der Waals surface area contributed by atoms with Crippen molar-refractivity contribution in [1.29, 1.82) is 0 Å². The van der Waals surface area contributed by atoms with Gasteiger partial charge in [-0.25, -0.2) is 0 Å². The van der Waals surface area contributed by atoms with E-state index < -0.39 is 0 Å². The molecule has 3 heterocycles. The van der Waals surface area contributed by atoms with Gasteiger partial charge in [-0.1, -0.05) is 6.42 Å². The number of nitrogens with zero attached hydrogens (tertiary/aromatic N) is 2. The third-order valence-electron chi connectivity index (χ3n) is 5.25. The lowest BCUT2D eigenvalue weighted by Crippen LogP contribution is -2.36. The minimum Gasteiger partial charge on any atom is -0.486 e. The Morgan fingerprint density at radius 2 is 2.38 bits per heavy atom. The molecule has 0 aromatic carbocycles. The van der Waals surface area contributed by atoms with Gasteiger partial charge in [0, 0.05) is 32.3 Å². The average molecular weight is 288 g/mol. The number of ether oxygens (including phenoxy) is 2. The minimum atomic E-state index is 0.0522. The van der Waals surface area contributed by atoms with E-state index in [0.29, 0.717) is 6.61 Å². The molecule has 4 nitrogen and oxygen atoms in total. The van der Waals surface area contributed by atoms with Gasteiger partial charge in [0.25, 0.3) is 0 Å². The lowest BCUT2D eigenvalue weighted by atomic mass is 9.85. The molecule has 0 N–H and O–H groups in total. The van der Waals surface area contributed by atoms with Crippen molar-refractivity contribution in [2.24, 2.45) is 5.92 Å². The smallest absolute Gasteiger partial charge is 0.138 e. The molecule has 1 aromatic rings. The Balaban J connectivity index is 1.31. The average Bonchev–Trinajstić information content (AvgIpc) is 3.03. The van der Waals surface area contributed by atoms with Crippen LogP contribution in [-0.4, -0.2) is 47.8 Å². The Hall–Kier alpha value is -1.13. The van der Waals surface area contributed by atoms with Crippen molar-refractivity contribution in [1.82, 2.24) is 9.88 Å². The summed E-state index contributed by atoms with van der Waals surface area (Å²) in [5.41, 5.74) is 0.0522. The van der Waals surface area contributed by atoms with E-state index >= 15 is 0 Å². The van der Waals surface area contributed by atoms with Crippen LogP contribution in [0.4, 0.5) is 0 Å². The second kappa shape index (κ2) is 5.58. The summed E-state index contributed by atoms with van der Waals surface area (Å²) >= 11 is 0. The maximum atomic E-state index is 6.16. The van der Waals surface area contributed by atoms with Crippen LogP contribution in [0.15, 0.2) is 24.5 Å². The van der Waals surface area contributed by atoms with Crippen molar-refractivity contribution in [3.05, 3.63) is 24.5 Å². The van der Waals surface area contributed by atoms with Crippen molar-refractivity contribution in [2.75, 3.05) is 26.2 Å². The molecule has 3 aliphatic rings. The summed E-state index contributed by atoms with van der Waals surface area (Å²) in [6.45, 7) is 4.28. The first-order chi connectivity index (χ1) is 10.3. The summed E-state index contributed by atoms with van der Waals surface area (Å²) in [4.78, 5) is 6.71.